The highest BCUT2D eigenvalue weighted by molar-refractivity contribution is 6.30. The molecule has 0 aliphatic heterocycles. The van der Waals surface area contributed by atoms with Crippen molar-refractivity contribution in [2.45, 2.75) is 25.7 Å². The number of amides is 1. The average molecular weight is 346 g/mol. The second-order valence-corrected chi connectivity index (χ2v) is 6.75. The molecule has 2 aromatic carbocycles. The Bertz CT molecular complexity index is 756. The van der Waals surface area contributed by atoms with Gasteiger partial charge in [-0.25, -0.2) is 4.79 Å². The lowest BCUT2D eigenvalue weighted by Gasteiger charge is -2.26. The molecule has 0 heterocycles. The molecule has 0 aliphatic rings. The molecule has 0 saturated carbocycles. The first-order valence-electron chi connectivity index (χ1n) is 7.63. The topological polar surface area (TPSA) is 66.4 Å². The number of nitrogens with one attached hydrogen (secondary N) is 1. The lowest BCUT2D eigenvalue weighted by molar-refractivity contribution is -0.120. The fourth-order valence-electron chi connectivity index (χ4n) is 2.45. The zero-order valence-electron chi connectivity index (χ0n) is 13.7. The van der Waals surface area contributed by atoms with Gasteiger partial charge in [0.15, 0.2) is 0 Å². The van der Waals surface area contributed by atoms with E-state index in [0.29, 0.717) is 17.1 Å². The van der Waals surface area contributed by atoms with E-state index in [9.17, 15) is 9.59 Å². The lowest BCUT2D eigenvalue weighted by Crippen LogP contribution is -2.37. The lowest BCUT2D eigenvalue weighted by atomic mass is 9.84. The van der Waals surface area contributed by atoms with E-state index in [1.165, 1.54) is 6.07 Å². The van der Waals surface area contributed by atoms with Crippen molar-refractivity contribution in [2.75, 3.05) is 6.54 Å². The average Bonchev–Trinajstić information content (AvgIpc) is 2.53. The Morgan fingerprint density at radius 3 is 2.50 bits per heavy atom. The molecule has 0 unspecified atom stereocenters. The molecule has 2 aromatic rings. The van der Waals surface area contributed by atoms with Crippen molar-refractivity contribution in [2.24, 2.45) is 0 Å². The van der Waals surface area contributed by atoms with Gasteiger partial charge in [0, 0.05) is 17.0 Å². The fraction of sp³-hybridized carbons (Fsp3) is 0.263. The van der Waals surface area contributed by atoms with E-state index in [-0.39, 0.29) is 23.3 Å². The molecule has 2 N–H and O–H groups in total. The summed E-state index contributed by atoms with van der Waals surface area (Å²) in [5.41, 5.74) is 1.40. The number of benzene rings is 2. The molecule has 0 atom stereocenters. The predicted molar refractivity (Wildman–Crippen MR) is 94.6 cm³/mol. The number of carbonyl (C=O) groups is 2. The maximum absolute atomic E-state index is 12.2. The van der Waals surface area contributed by atoms with Gasteiger partial charge in [0.25, 0.3) is 0 Å². The van der Waals surface area contributed by atoms with Gasteiger partial charge < -0.3 is 10.4 Å². The number of halogens is 1. The first-order valence-corrected chi connectivity index (χ1v) is 8.01. The molecule has 5 heteroatoms. The standard InChI is InChI=1S/C19H20ClNO3/c1-19(2,14-7-5-8-15(20)11-14)12-21-17(22)10-13-6-3-4-9-16(13)18(23)24/h3-9,11H,10,12H2,1-2H3,(H,21,22)(H,23,24). The van der Waals surface area contributed by atoms with Crippen LogP contribution < -0.4 is 5.32 Å². The SMILES string of the molecule is CC(C)(CNC(=O)Cc1ccccc1C(=O)O)c1cccc(Cl)c1. The quantitative estimate of drug-likeness (QED) is 0.839. The van der Waals surface area contributed by atoms with Gasteiger partial charge in [-0.05, 0) is 29.3 Å². The van der Waals surface area contributed by atoms with Crippen molar-refractivity contribution in [3.63, 3.8) is 0 Å². The Labute approximate surface area is 146 Å². The molecule has 2 rings (SSSR count). The Morgan fingerprint density at radius 1 is 1.12 bits per heavy atom. The third kappa shape index (κ3) is 4.59. The van der Waals surface area contributed by atoms with Gasteiger partial charge in [-0.1, -0.05) is 55.8 Å². The molecule has 0 fully saturated rings. The molecule has 1 amide bonds. The number of carboxylic acids is 1. The summed E-state index contributed by atoms with van der Waals surface area (Å²) < 4.78 is 0. The predicted octanol–water partition coefficient (Wildman–Crippen LogP) is 3.67. The number of aromatic carboxylic acids is 1. The van der Waals surface area contributed by atoms with E-state index in [4.69, 9.17) is 16.7 Å². The Hall–Kier alpha value is -2.33. The summed E-state index contributed by atoms with van der Waals surface area (Å²) >= 11 is 6.03. The number of rotatable bonds is 6. The second kappa shape index (κ2) is 7.49. The van der Waals surface area contributed by atoms with Crippen LogP contribution in [0.1, 0.15) is 35.3 Å². The minimum Gasteiger partial charge on any atom is -0.478 e. The second-order valence-electron chi connectivity index (χ2n) is 6.31. The smallest absolute Gasteiger partial charge is 0.335 e. The van der Waals surface area contributed by atoms with E-state index >= 15 is 0 Å². The van der Waals surface area contributed by atoms with Gasteiger partial charge in [-0.15, -0.1) is 0 Å². The van der Waals surface area contributed by atoms with Crippen LogP contribution in [0.25, 0.3) is 0 Å². The third-order valence-electron chi connectivity index (χ3n) is 3.93. The van der Waals surface area contributed by atoms with Crippen LogP contribution in [-0.4, -0.2) is 23.5 Å². The van der Waals surface area contributed by atoms with E-state index in [1.807, 2.05) is 38.1 Å². The van der Waals surface area contributed by atoms with Crippen LogP contribution in [0.4, 0.5) is 0 Å². The summed E-state index contributed by atoms with van der Waals surface area (Å²) in [6, 6.07) is 14.1. The minimum absolute atomic E-state index is 0.0358. The van der Waals surface area contributed by atoms with Crippen molar-refractivity contribution >= 4 is 23.5 Å². The van der Waals surface area contributed by atoms with Crippen LogP contribution in [0.15, 0.2) is 48.5 Å². The number of hydrogen-bond acceptors (Lipinski definition) is 2. The van der Waals surface area contributed by atoms with Gasteiger partial charge in [0.2, 0.25) is 5.91 Å². The molecule has 0 radical (unpaired) electrons. The summed E-state index contributed by atoms with van der Waals surface area (Å²) in [7, 11) is 0. The number of hydrogen-bond donors (Lipinski definition) is 2. The van der Waals surface area contributed by atoms with Crippen molar-refractivity contribution < 1.29 is 14.7 Å². The molecular formula is C19H20ClNO3. The molecule has 4 nitrogen and oxygen atoms in total. The molecule has 0 aromatic heterocycles. The van der Waals surface area contributed by atoms with Crippen molar-refractivity contribution in [1.82, 2.24) is 5.32 Å². The number of carboxylic acid groups (broad SMARTS) is 1. The van der Waals surface area contributed by atoms with Gasteiger partial charge in [0.1, 0.15) is 0 Å². The maximum atomic E-state index is 12.2. The minimum atomic E-state index is -1.03. The molecule has 0 saturated heterocycles. The summed E-state index contributed by atoms with van der Waals surface area (Å²) in [5, 5.41) is 12.7. The van der Waals surface area contributed by atoms with Crippen LogP contribution in [0, 0.1) is 0 Å². The van der Waals surface area contributed by atoms with Gasteiger partial charge in [0.05, 0.1) is 12.0 Å². The van der Waals surface area contributed by atoms with E-state index in [1.54, 1.807) is 18.2 Å². The third-order valence-corrected chi connectivity index (χ3v) is 4.17. The Balaban J connectivity index is 2.02. The highest BCUT2D eigenvalue weighted by atomic mass is 35.5. The van der Waals surface area contributed by atoms with Crippen LogP contribution >= 0.6 is 11.6 Å². The fourth-order valence-corrected chi connectivity index (χ4v) is 2.64. The van der Waals surface area contributed by atoms with Crippen LogP contribution in [0.3, 0.4) is 0 Å². The first-order chi connectivity index (χ1) is 11.3. The van der Waals surface area contributed by atoms with E-state index < -0.39 is 5.97 Å². The van der Waals surface area contributed by atoms with Gasteiger partial charge >= 0.3 is 5.97 Å². The summed E-state index contributed by atoms with van der Waals surface area (Å²) in [6.45, 7) is 4.47. The normalized spacial score (nSPS) is 11.1. The van der Waals surface area contributed by atoms with Crippen LogP contribution in [0.2, 0.25) is 5.02 Å². The van der Waals surface area contributed by atoms with Crippen molar-refractivity contribution in [1.29, 1.82) is 0 Å². The molecule has 0 bridgehead atoms. The van der Waals surface area contributed by atoms with Crippen LogP contribution in [-0.2, 0) is 16.6 Å². The highest BCUT2D eigenvalue weighted by Gasteiger charge is 2.22. The zero-order valence-corrected chi connectivity index (χ0v) is 14.4. The zero-order chi connectivity index (χ0) is 17.7. The summed E-state index contributed by atoms with van der Waals surface area (Å²) in [5.74, 6) is -1.24. The molecular weight excluding hydrogens is 326 g/mol. The highest BCUT2D eigenvalue weighted by Crippen LogP contribution is 2.24. The summed E-state index contributed by atoms with van der Waals surface area (Å²) in [4.78, 5) is 23.4. The first kappa shape index (κ1) is 18.0. The maximum Gasteiger partial charge on any atom is 0.335 e. The Kier molecular flexibility index (Phi) is 5.62. The van der Waals surface area contributed by atoms with Gasteiger partial charge in [-0.3, -0.25) is 4.79 Å². The molecule has 24 heavy (non-hydrogen) atoms. The van der Waals surface area contributed by atoms with E-state index in [0.717, 1.165) is 5.56 Å². The van der Waals surface area contributed by atoms with Crippen molar-refractivity contribution in [3.8, 4) is 0 Å². The molecule has 0 aliphatic carbocycles. The largest absolute Gasteiger partial charge is 0.478 e. The van der Waals surface area contributed by atoms with Crippen molar-refractivity contribution in [3.05, 3.63) is 70.2 Å². The summed E-state index contributed by atoms with van der Waals surface area (Å²) in [6.07, 6.45) is 0.0358. The molecule has 126 valence electrons. The Morgan fingerprint density at radius 2 is 1.83 bits per heavy atom. The molecule has 0 spiro atoms. The van der Waals surface area contributed by atoms with Gasteiger partial charge in [-0.2, -0.15) is 0 Å². The van der Waals surface area contributed by atoms with Crippen LogP contribution in [0.5, 0.6) is 0 Å². The number of carbonyl (C=O) groups excluding carboxylic acids is 1. The van der Waals surface area contributed by atoms with E-state index in [2.05, 4.69) is 5.32 Å². The monoisotopic (exact) mass is 345 g/mol.